The summed E-state index contributed by atoms with van der Waals surface area (Å²) in [5, 5.41) is 11.0. The van der Waals surface area contributed by atoms with E-state index < -0.39 is 33.4 Å². The van der Waals surface area contributed by atoms with E-state index in [1.807, 2.05) is 6.92 Å². The maximum atomic E-state index is 13.3. The molecule has 162 valence electrons. The molecule has 0 unspecified atom stereocenters. The third kappa shape index (κ3) is 3.14. The van der Waals surface area contributed by atoms with Crippen LogP contribution in [0.15, 0.2) is 11.6 Å². The van der Waals surface area contributed by atoms with Gasteiger partial charge in [-0.3, -0.25) is 14.1 Å². The molecule has 0 amide bonds. The predicted molar refractivity (Wildman–Crippen MR) is 104 cm³/mol. The Bertz CT molecular complexity index is 877. The van der Waals surface area contributed by atoms with Crippen molar-refractivity contribution in [3.05, 3.63) is 11.6 Å². The number of carbonyl (C=O) groups excluding carboxylic acids is 2. The van der Waals surface area contributed by atoms with Crippen LogP contribution < -0.4 is 0 Å². The summed E-state index contributed by atoms with van der Waals surface area (Å²) in [5.74, 6) is -0.338. The number of aliphatic hydroxyl groups excluding tert-OH is 1. The number of rotatable bonds is 3. The van der Waals surface area contributed by atoms with Gasteiger partial charge in [-0.1, -0.05) is 19.4 Å². The van der Waals surface area contributed by atoms with E-state index in [9.17, 15) is 23.1 Å². The van der Waals surface area contributed by atoms with Crippen LogP contribution in [0, 0.1) is 34.5 Å². The standard InChI is InChI=1S/C21H30O7S/c1-11(22)14-4-5-15-13-9-18(23)17-8-12(28-29(25,26)27)6-7-20(17,2)16(13)10-19(24)21(14,15)3/h10,12-15,17-18,23H,4-9H2,1-3H3,(H,25,26,27)/t12-,13-,14+,15-,17+,18-,20+,21+/m0/s1. The summed E-state index contributed by atoms with van der Waals surface area (Å²) in [5.41, 5.74) is -0.0734. The zero-order valence-corrected chi connectivity index (χ0v) is 17.9. The van der Waals surface area contributed by atoms with Crippen LogP contribution in [0.5, 0.6) is 0 Å². The highest BCUT2D eigenvalue weighted by Crippen LogP contribution is 2.64. The molecule has 4 rings (SSSR count). The van der Waals surface area contributed by atoms with E-state index >= 15 is 0 Å². The molecule has 8 heteroatoms. The van der Waals surface area contributed by atoms with Crippen molar-refractivity contribution in [1.82, 2.24) is 0 Å². The van der Waals surface area contributed by atoms with E-state index in [4.69, 9.17) is 8.74 Å². The molecule has 0 spiro atoms. The predicted octanol–water partition coefficient (Wildman–Crippen LogP) is 2.49. The van der Waals surface area contributed by atoms with Gasteiger partial charge in [0, 0.05) is 11.3 Å². The highest BCUT2D eigenvalue weighted by atomic mass is 32.3. The first-order valence-corrected chi connectivity index (χ1v) is 11.8. The van der Waals surface area contributed by atoms with Crippen LogP contribution in [0.2, 0.25) is 0 Å². The lowest BCUT2D eigenvalue weighted by Crippen LogP contribution is -2.56. The molecule has 3 saturated carbocycles. The van der Waals surface area contributed by atoms with E-state index in [1.54, 1.807) is 13.0 Å². The molecule has 4 aliphatic carbocycles. The SMILES string of the molecule is CC(=O)[C@H]1CC[C@H]2[C@@H]3C[C@H](O)[C@H]4C[C@@H](OS(=O)(=O)O)CC[C@]4(C)C3=CC(=O)[C@]12C. The van der Waals surface area contributed by atoms with Gasteiger partial charge in [0.25, 0.3) is 0 Å². The van der Waals surface area contributed by atoms with Crippen molar-refractivity contribution in [2.24, 2.45) is 34.5 Å². The average Bonchev–Trinajstić information content (AvgIpc) is 2.96. The minimum absolute atomic E-state index is 0.0131. The number of hydrogen-bond donors (Lipinski definition) is 2. The van der Waals surface area contributed by atoms with Crippen LogP contribution in [0.4, 0.5) is 0 Å². The van der Waals surface area contributed by atoms with E-state index in [-0.39, 0.29) is 35.2 Å². The second-order valence-electron chi connectivity index (χ2n) is 9.95. The number of aliphatic hydroxyl groups is 1. The number of hydrogen-bond acceptors (Lipinski definition) is 6. The third-order valence-corrected chi connectivity index (χ3v) is 9.17. The van der Waals surface area contributed by atoms with Crippen LogP contribution >= 0.6 is 0 Å². The van der Waals surface area contributed by atoms with Gasteiger partial charge < -0.3 is 5.11 Å². The van der Waals surface area contributed by atoms with Gasteiger partial charge in [-0.05, 0) is 74.7 Å². The highest BCUT2D eigenvalue weighted by molar-refractivity contribution is 7.80. The Balaban J connectivity index is 1.69. The maximum absolute atomic E-state index is 13.3. The summed E-state index contributed by atoms with van der Waals surface area (Å²) in [7, 11) is -4.55. The minimum atomic E-state index is -4.55. The molecule has 3 fully saturated rings. The first-order chi connectivity index (χ1) is 13.4. The average molecular weight is 427 g/mol. The summed E-state index contributed by atoms with van der Waals surface area (Å²) >= 11 is 0. The third-order valence-electron chi connectivity index (χ3n) is 8.65. The molecule has 0 aromatic heterocycles. The van der Waals surface area contributed by atoms with Gasteiger partial charge in [-0.15, -0.1) is 0 Å². The number of carbonyl (C=O) groups is 2. The van der Waals surface area contributed by atoms with E-state index in [0.29, 0.717) is 32.1 Å². The van der Waals surface area contributed by atoms with Crippen molar-refractivity contribution in [2.45, 2.75) is 71.5 Å². The molecular formula is C21H30O7S. The van der Waals surface area contributed by atoms with Crippen molar-refractivity contribution in [2.75, 3.05) is 0 Å². The number of fused-ring (bicyclic) bond motifs is 5. The topological polar surface area (TPSA) is 118 Å². The first kappa shape index (κ1) is 21.2. The summed E-state index contributed by atoms with van der Waals surface area (Å²) in [6, 6.07) is 0. The van der Waals surface area contributed by atoms with Gasteiger partial charge in [0.15, 0.2) is 5.78 Å². The van der Waals surface area contributed by atoms with E-state index in [1.165, 1.54) is 0 Å². The maximum Gasteiger partial charge on any atom is 0.397 e. The second-order valence-corrected chi connectivity index (χ2v) is 11.0. The van der Waals surface area contributed by atoms with Crippen LogP contribution in [-0.4, -0.2) is 41.9 Å². The minimum Gasteiger partial charge on any atom is -0.393 e. The fraction of sp³-hybridized carbons (Fsp3) is 0.810. The van der Waals surface area contributed by atoms with Crippen molar-refractivity contribution in [1.29, 1.82) is 0 Å². The largest absolute Gasteiger partial charge is 0.397 e. The number of ketones is 2. The van der Waals surface area contributed by atoms with Gasteiger partial charge in [0.2, 0.25) is 0 Å². The number of allylic oxidation sites excluding steroid dienone is 2. The molecule has 0 saturated heterocycles. The molecule has 0 aromatic carbocycles. The molecule has 7 nitrogen and oxygen atoms in total. The fourth-order valence-electron chi connectivity index (χ4n) is 7.23. The monoisotopic (exact) mass is 426 g/mol. The molecular weight excluding hydrogens is 396 g/mol. The smallest absolute Gasteiger partial charge is 0.393 e. The Morgan fingerprint density at radius 1 is 1.17 bits per heavy atom. The lowest BCUT2D eigenvalue weighted by molar-refractivity contribution is -0.140. The number of Topliss-reactive ketones (excluding diaryl/α,β-unsaturated/α-hetero) is 1. The van der Waals surface area contributed by atoms with Crippen LogP contribution in [0.25, 0.3) is 0 Å². The summed E-state index contributed by atoms with van der Waals surface area (Å²) in [6.45, 7) is 5.54. The summed E-state index contributed by atoms with van der Waals surface area (Å²) in [4.78, 5) is 25.5. The molecule has 0 bridgehead atoms. The van der Waals surface area contributed by atoms with Crippen molar-refractivity contribution in [3.63, 3.8) is 0 Å². The van der Waals surface area contributed by atoms with Gasteiger partial charge in [0.05, 0.1) is 12.2 Å². The van der Waals surface area contributed by atoms with Gasteiger partial charge in [-0.2, -0.15) is 8.42 Å². The van der Waals surface area contributed by atoms with Gasteiger partial charge in [0.1, 0.15) is 5.78 Å². The summed E-state index contributed by atoms with van der Waals surface area (Å²) < 4.78 is 36.1. The van der Waals surface area contributed by atoms with Crippen molar-refractivity contribution < 1.29 is 31.8 Å². The van der Waals surface area contributed by atoms with Crippen LogP contribution in [-0.2, 0) is 24.2 Å². The molecule has 0 heterocycles. The van der Waals surface area contributed by atoms with Crippen molar-refractivity contribution in [3.8, 4) is 0 Å². The lowest BCUT2D eigenvalue weighted by atomic mass is 9.47. The van der Waals surface area contributed by atoms with Crippen molar-refractivity contribution >= 4 is 22.0 Å². The first-order valence-electron chi connectivity index (χ1n) is 10.5. The fourth-order valence-corrected chi connectivity index (χ4v) is 7.75. The normalized spacial score (nSPS) is 47.1. The molecule has 4 aliphatic rings. The molecule has 29 heavy (non-hydrogen) atoms. The zero-order chi connectivity index (χ0) is 21.4. The van der Waals surface area contributed by atoms with Crippen LogP contribution in [0.1, 0.15) is 59.3 Å². The Morgan fingerprint density at radius 3 is 2.48 bits per heavy atom. The van der Waals surface area contributed by atoms with E-state index in [0.717, 1.165) is 12.0 Å². The zero-order valence-electron chi connectivity index (χ0n) is 17.1. The Labute approximate surface area is 171 Å². The van der Waals surface area contributed by atoms with Gasteiger partial charge >= 0.3 is 10.4 Å². The molecule has 0 aliphatic heterocycles. The molecule has 0 aromatic rings. The Morgan fingerprint density at radius 2 is 1.86 bits per heavy atom. The van der Waals surface area contributed by atoms with Gasteiger partial charge in [-0.25, -0.2) is 4.18 Å². The van der Waals surface area contributed by atoms with E-state index in [2.05, 4.69) is 6.92 Å². The Hall–Kier alpha value is -1.09. The quantitative estimate of drug-likeness (QED) is 0.666. The lowest BCUT2D eigenvalue weighted by Gasteiger charge is -2.57. The summed E-state index contributed by atoms with van der Waals surface area (Å²) in [6.07, 6.45) is 3.75. The molecule has 0 radical (unpaired) electrons. The van der Waals surface area contributed by atoms with Crippen LogP contribution in [0.3, 0.4) is 0 Å². The molecule has 8 atom stereocenters. The second kappa shape index (κ2) is 6.70. The highest BCUT2D eigenvalue weighted by Gasteiger charge is 2.62. The Kier molecular flexibility index (Phi) is 4.89. The molecule has 2 N–H and O–H groups in total.